The van der Waals surface area contributed by atoms with Gasteiger partial charge in [-0.25, -0.2) is 8.78 Å². The first-order valence-electron chi connectivity index (χ1n) is 3.22. The van der Waals surface area contributed by atoms with Crippen molar-refractivity contribution in [2.75, 3.05) is 13.2 Å². The van der Waals surface area contributed by atoms with E-state index in [1.807, 2.05) is 0 Å². The van der Waals surface area contributed by atoms with E-state index < -0.39 is 18.0 Å². The van der Waals surface area contributed by atoms with Crippen molar-refractivity contribution < 1.29 is 13.2 Å². The van der Waals surface area contributed by atoms with Crippen molar-refractivity contribution in [3.8, 4) is 0 Å². The molecule has 2 N–H and O–H groups in total. The van der Waals surface area contributed by atoms with E-state index in [1.165, 1.54) is 0 Å². The van der Waals surface area contributed by atoms with Crippen LogP contribution in [0.3, 0.4) is 0 Å². The first-order valence-corrected chi connectivity index (χ1v) is 3.22. The molecule has 0 aliphatic heterocycles. The van der Waals surface area contributed by atoms with Crippen LogP contribution in [0.1, 0.15) is 12.8 Å². The Balaban J connectivity index is 2.50. The fourth-order valence-electron chi connectivity index (χ4n) is 1.16. The van der Waals surface area contributed by atoms with E-state index >= 15 is 0 Å². The highest BCUT2D eigenvalue weighted by Crippen LogP contribution is 2.61. The largest absolute Gasteiger partial charge is 0.330 e. The van der Waals surface area contributed by atoms with Gasteiger partial charge in [0, 0.05) is 13.0 Å². The zero-order chi connectivity index (χ0) is 7.83. The molecule has 10 heavy (non-hydrogen) atoms. The first kappa shape index (κ1) is 7.85. The molecule has 1 fully saturated rings. The molecular formula is C6H10F3N. The van der Waals surface area contributed by atoms with Crippen LogP contribution < -0.4 is 5.73 Å². The molecular weight excluding hydrogens is 143 g/mol. The van der Waals surface area contributed by atoms with Gasteiger partial charge in [-0.2, -0.15) is 0 Å². The predicted molar refractivity (Wildman–Crippen MR) is 31.6 cm³/mol. The number of halogens is 3. The second kappa shape index (κ2) is 2.12. The number of rotatable bonds is 3. The van der Waals surface area contributed by atoms with E-state index in [1.54, 1.807) is 0 Å². The summed E-state index contributed by atoms with van der Waals surface area (Å²) < 4.78 is 36.5. The van der Waals surface area contributed by atoms with Crippen LogP contribution in [0.15, 0.2) is 0 Å². The normalized spacial score (nSPS) is 36.0. The van der Waals surface area contributed by atoms with Crippen LogP contribution in [-0.4, -0.2) is 19.1 Å². The Morgan fingerprint density at radius 3 is 2.00 bits per heavy atom. The average Bonchev–Trinajstić information content (AvgIpc) is 2.37. The minimum Gasteiger partial charge on any atom is -0.330 e. The highest BCUT2D eigenvalue weighted by molar-refractivity contribution is 5.10. The molecule has 1 nitrogen and oxygen atoms in total. The summed E-state index contributed by atoms with van der Waals surface area (Å²) in [4.78, 5) is 0. The maximum absolute atomic E-state index is 12.4. The van der Waals surface area contributed by atoms with Crippen molar-refractivity contribution in [3.05, 3.63) is 0 Å². The number of hydrogen-bond donors (Lipinski definition) is 1. The highest BCUT2D eigenvalue weighted by Gasteiger charge is 2.69. The summed E-state index contributed by atoms with van der Waals surface area (Å²) >= 11 is 0. The molecule has 4 heteroatoms. The fraction of sp³-hybridized carbons (Fsp3) is 1.00. The van der Waals surface area contributed by atoms with Gasteiger partial charge in [-0.1, -0.05) is 0 Å². The van der Waals surface area contributed by atoms with E-state index in [0.717, 1.165) is 0 Å². The SMILES string of the molecule is NCC1(CCF)CC1(F)F. The van der Waals surface area contributed by atoms with Gasteiger partial charge < -0.3 is 5.73 Å². The monoisotopic (exact) mass is 153 g/mol. The second-order valence-corrected chi connectivity index (χ2v) is 2.80. The Morgan fingerprint density at radius 1 is 1.40 bits per heavy atom. The van der Waals surface area contributed by atoms with Crippen LogP contribution in [0.4, 0.5) is 13.2 Å². The van der Waals surface area contributed by atoms with Crippen molar-refractivity contribution in [2.45, 2.75) is 18.8 Å². The topological polar surface area (TPSA) is 26.0 Å². The summed E-state index contributed by atoms with van der Waals surface area (Å²) in [6.07, 6.45) is -0.336. The van der Waals surface area contributed by atoms with Gasteiger partial charge in [0.2, 0.25) is 0 Å². The molecule has 1 aliphatic carbocycles. The van der Waals surface area contributed by atoms with Gasteiger partial charge in [-0.3, -0.25) is 4.39 Å². The lowest BCUT2D eigenvalue weighted by atomic mass is 10.0. The van der Waals surface area contributed by atoms with Gasteiger partial charge in [0.25, 0.3) is 5.92 Å². The molecule has 0 heterocycles. The third kappa shape index (κ3) is 0.905. The standard InChI is InChI=1S/C6H10F3N/c7-2-1-5(4-10)3-6(5,8)9/h1-4,10H2. The minimum absolute atomic E-state index is 0.101. The number of hydrogen-bond acceptors (Lipinski definition) is 1. The molecule has 0 bridgehead atoms. The predicted octanol–water partition coefficient (Wildman–Crippen LogP) is 1.33. The molecule has 0 aromatic carbocycles. The average molecular weight is 153 g/mol. The molecule has 0 aromatic heterocycles. The quantitative estimate of drug-likeness (QED) is 0.650. The van der Waals surface area contributed by atoms with Crippen LogP contribution in [0.25, 0.3) is 0 Å². The lowest BCUT2D eigenvalue weighted by Crippen LogP contribution is -2.22. The van der Waals surface area contributed by atoms with Crippen LogP contribution in [0.2, 0.25) is 0 Å². The minimum atomic E-state index is -2.70. The zero-order valence-electron chi connectivity index (χ0n) is 5.54. The van der Waals surface area contributed by atoms with Gasteiger partial charge in [-0.15, -0.1) is 0 Å². The van der Waals surface area contributed by atoms with Gasteiger partial charge in [0.15, 0.2) is 0 Å². The third-order valence-corrected chi connectivity index (χ3v) is 2.18. The Morgan fingerprint density at radius 2 is 1.90 bits per heavy atom. The lowest BCUT2D eigenvalue weighted by Gasteiger charge is -2.09. The van der Waals surface area contributed by atoms with Gasteiger partial charge in [-0.05, 0) is 6.42 Å². The lowest BCUT2D eigenvalue weighted by molar-refractivity contribution is 0.0606. The smallest absolute Gasteiger partial charge is 0.255 e. The zero-order valence-corrected chi connectivity index (χ0v) is 5.54. The van der Waals surface area contributed by atoms with Gasteiger partial charge in [0.05, 0.1) is 12.1 Å². The summed E-state index contributed by atoms with van der Waals surface area (Å²) in [7, 11) is 0. The highest BCUT2D eigenvalue weighted by atomic mass is 19.3. The van der Waals surface area contributed by atoms with Crippen molar-refractivity contribution in [2.24, 2.45) is 11.1 Å². The molecule has 1 rings (SSSR count). The van der Waals surface area contributed by atoms with Crippen LogP contribution in [0.5, 0.6) is 0 Å². The van der Waals surface area contributed by atoms with Crippen LogP contribution in [0, 0.1) is 5.41 Å². The molecule has 1 unspecified atom stereocenters. The van der Waals surface area contributed by atoms with E-state index in [4.69, 9.17) is 5.73 Å². The first-order chi connectivity index (χ1) is 4.58. The van der Waals surface area contributed by atoms with Crippen molar-refractivity contribution in [1.82, 2.24) is 0 Å². The number of alkyl halides is 3. The molecule has 1 atom stereocenters. The van der Waals surface area contributed by atoms with E-state index in [-0.39, 0.29) is 19.4 Å². The summed E-state index contributed by atoms with van der Waals surface area (Å²) in [5.74, 6) is -2.70. The van der Waals surface area contributed by atoms with Gasteiger partial charge >= 0.3 is 0 Å². The summed E-state index contributed by atoms with van der Waals surface area (Å²) in [5, 5.41) is 0. The molecule has 1 aliphatic rings. The Bertz CT molecular complexity index is 137. The molecule has 0 saturated heterocycles. The van der Waals surface area contributed by atoms with Gasteiger partial charge in [0.1, 0.15) is 0 Å². The van der Waals surface area contributed by atoms with Crippen molar-refractivity contribution >= 4 is 0 Å². The Hall–Kier alpha value is -0.250. The molecule has 0 radical (unpaired) electrons. The van der Waals surface area contributed by atoms with Crippen LogP contribution in [-0.2, 0) is 0 Å². The maximum atomic E-state index is 12.4. The van der Waals surface area contributed by atoms with E-state index in [2.05, 4.69) is 0 Å². The van der Waals surface area contributed by atoms with Crippen molar-refractivity contribution in [1.29, 1.82) is 0 Å². The summed E-state index contributed by atoms with van der Waals surface area (Å²) in [6.45, 7) is -0.809. The van der Waals surface area contributed by atoms with E-state index in [0.29, 0.717) is 0 Å². The Labute approximate surface area is 57.4 Å². The maximum Gasteiger partial charge on any atom is 0.255 e. The summed E-state index contributed by atoms with van der Waals surface area (Å²) in [6, 6.07) is 0. The van der Waals surface area contributed by atoms with E-state index in [9.17, 15) is 13.2 Å². The summed E-state index contributed by atoms with van der Waals surface area (Å²) in [5.41, 5.74) is 3.89. The van der Waals surface area contributed by atoms with Crippen LogP contribution >= 0.6 is 0 Å². The molecule has 0 spiro atoms. The molecule has 0 aromatic rings. The molecule has 60 valence electrons. The fourth-order valence-corrected chi connectivity index (χ4v) is 1.16. The molecule has 0 amide bonds. The third-order valence-electron chi connectivity index (χ3n) is 2.18. The molecule has 1 saturated carbocycles. The Kier molecular flexibility index (Phi) is 1.66. The number of nitrogens with two attached hydrogens (primary N) is 1. The van der Waals surface area contributed by atoms with Crippen molar-refractivity contribution in [3.63, 3.8) is 0 Å². The second-order valence-electron chi connectivity index (χ2n) is 2.80.